The van der Waals surface area contributed by atoms with Gasteiger partial charge >= 0.3 is 0 Å². The molecule has 1 aromatic heterocycles. The number of hydrogen-bond donors (Lipinski definition) is 2. The fourth-order valence-corrected chi connectivity index (χ4v) is 4.25. The van der Waals surface area contributed by atoms with E-state index in [2.05, 4.69) is 42.3 Å². The molecule has 0 bridgehead atoms. The molecule has 2 heterocycles. The van der Waals surface area contributed by atoms with Crippen LogP contribution in [0, 0.1) is 5.41 Å². The Hall–Kier alpha value is -1.69. The Morgan fingerprint density at radius 1 is 1.32 bits per heavy atom. The van der Waals surface area contributed by atoms with Crippen molar-refractivity contribution in [2.45, 2.75) is 32.4 Å². The largest absolute Gasteiger partial charge is 0.343 e. The van der Waals surface area contributed by atoms with E-state index in [1.165, 1.54) is 0 Å². The Bertz CT molecular complexity index is 684. The van der Waals surface area contributed by atoms with E-state index in [0.717, 1.165) is 30.0 Å². The van der Waals surface area contributed by atoms with Gasteiger partial charge in [-0.3, -0.25) is 9.69 Å². The first kappa shape index (κ1) is 18.1. The van der Waals surface area contributed by atoms with Gasteiger partial charge < -0.3 is 11.1 Å². The Balaban J connectivity index is 1.67. The second kappa shape index (κ2) is 7.68. The molecule has 0 aliphatic carbocycles. The Labute approximate surface area is 154 Å². The van der Waals surface area contributed by atoms with Gasteiger partial charge in [0.2, 0.25) is 5.91 Å². The van der Waals surface area contributed by atoms with Gasteiger partial charge in [-0.15, -0.1) is 11.3 Å². The zero-order valence-electron chi connectivity index (χ0n) is 14.9. The number of nitrogens with one attached hydrogen (secondary N) is 1. The number of nitrogens with zero attached hydrogens (tertiary/aromatic N) is 1. The number of benzene rings is 1. The summed E-state index contributed by atoms with van der Waals surface area (Å²) in [6.07, 6.45) is 0.938. The highest BCUT2D eigenvalue weighted by Crippen LogP contribution is 2.28. The van der Waals surface area contributed by atoms with E-state index in [1.807, 2.05) is 29.6 Å². The van der Waals surface area contributed by atoms with Crippen LogP contribution >= 0.6 is 11.3 Å². The minimum Gasteiger partial charge on any atom is -0.343 e. The molecule has 1 aliphatic heterocycles. The maximum Gasteiger partial charge on any atom is 0.234 e. The normalized spacial score (nSPS) is 21.6. The van der Waals surface area contributed by atoms with Crippen LogP contribution in [0.25, 0.3) is 0 Å². The number of likely N-dealkylation sites (tertiary alicyclic amines) is 1. The van der Waals surface area contributed by atoms with Crippen LogP contribution in [0.1, 0.15) is 36.8 Å². The lowest BCUT2D eigenvalue weighted by Gasteiger charge is -2.42. The second-order valence-corrected chi connectivity index (χ2v) is 8.50. The van der Waals surface area contributed by atoms with Crippen LogP contribution in [-0.2, 0) is 4.79 Å². The molecule has 1 saturated heterocycles. The van der Waals surface area contributed by atoms with Crippen LogP contribution in [0.3, 0.4) is 0 Å². The average Bonchev–Trinajstić information content (AvgIpc) is 3.11. The van der Waals surface area contributed by atoms with Crippen molar-refractivity contribution in [3.05, 3.63) is 58.3 Å². The third-order valence-corrected chi connectivity index (χ3v) is 5.96. The second-order valence-electron chi connectivity index (χ2n) is 7.52. The Kier molecular flexibility index (Phi) is 5.57. The van der Waals surface area contributed by atoms with Crippen molar-refractivity contribution in [3.8, 4) is 0 Å². The number of carbonyl (C=O) groups excluding carboxylic acids is 1. The highest BCUT2D eigenvalue weighted by Gasteiger charge is 2.34. The molecule has 0 spiro atoms. The molecular formula is C20H27N3OS. The molecule has 1 amide bonds. The molecule has 0 radical (unpaired) electrons. The lowest BCUT2D eigenvalue weighted by molar-refractivity contribution is -0.123. The van der Waals surface area contributed by atoms with E-state index in [-0.39, 0.29) is 23.4 Å². The molecule has 4 nitrogen and oxygen atoms in total. The predicted molar refractivity (Wildman–Crippen MR) is 104 cm³/mol. The van der Waals surface area contributed by atoms with Gasteiger partial charge in [-0.25, -0.2) is 0 Å². The molecule has 5 heteroatoms. The van der Waals surface area contributed by atoms with Crippen molar-refractivity contribution >= 4 is 17.2 Å². The van der Waals surface area contributed by atoms with Crippen LogP contribution < -0.4 is 11.1 Å². The molecule has 1 aromatic carbocycles. The van der Waals surface area contributed by atoms with Gasteiger partial charge in [0.15, 0.2) is 0 Å². The van der Waals surface area contributed by atoms with Crippen LogP contribution in [0.4, 0.5) is 0 Å². The van der Waals surface area contributed by atoms with Gasteiger partial charge in [0.25, 0.3) is 0 Å². The number of thiophene rings is 1. The first-order valence-corrected chi connectivity index (χ1v) is 9.69. The summed E-state index contributed by atoms with van der Waals surface area (Å²) in [5, 5.41) is 5.27. The minimum absolute atomic E-state index is 0.0467. The van der Waals surface area contributed by atoms with Crippen molar-refractivity contribution in [2.75, 3.05) is 19.6 Å². The average molecular weight is 358 g/mol. The summed E-state index contributed by atoms with van der Waals surface area (Å²) in [5.41, 5.74) is 7.36. The van der Waals surface area contributed by atoms with E-state index in [0.29, 0.717) is 6.54 Å². The third kappa shape index (κ3) is 4.48. The van der Waals surface area contributed by atoms with E-state index in [9.17, 15) is 4.79 Å². The maximum atomic E-state index is 12.7. The van der Waals surface area contributed by atoms with E-state index in [4.69, 9.17) is 5.73 Å². The fraction of sp³-hybridized carbons (Fsp3) is 0.450. The number of carbonyl (C=O) groups is 1. The summed E-state index contributed by atoms with van der Waals surface area (Å²) in [6.45, 7) is 6.52. The van der Waals surface area contributed by atoms with Crippen molar-refractivity contribution < 1.29 is 4.79 Å². The molecule has 3 rings (SSSR count). The maximum absolute atomic E-state index is 12.7. The van der Waals surface area contributed by atoms with Gasteiger partial charge in [0.1, 0.15) is 0 Å². The number of nitrogens with two attached hydrogens (primary N) is 1. The summed E-state index contributed by atoms with van der Waals surface area (Å²) in [7, 11) is 0. The summed E-state index contributed by atoms with van der Waals surface area (Å²) in [4.78, 5) is 16.1. The molecule has 2 aromatic rings. The smallest absolute Gasteiger partial charge is 0.234 e. The van der Waals surface area contributed by atoms with Gasteiger partial charge in [0.05, 0.1) is 12.6 Å². The first-order valence-electron chi connectivity index (χ1n) is 8.81. The SMILES string of the molecule is CC1(C)CN(CC(=O)NC(c2ccccc2)c2cccs2)CCC1N. The standard InChI is InChI=1S/C20H27N3OS/c1-20(2)14-23(11-10-17(20)21)13-18(24)22-19(16-9-6-12-25-16)15-7-4-3-5-8-15/h3-9,12,17,19H,10-11,13-14,21H2,1-2H3,(H,22,24). The molecule has 1 fully saturated rings. The zero-order chi connectivity index (χ0) is 17.9. The number of rotatable bonds is 5. The van der Waals surface area contributed by atoms with Gasteiger partial charge in [-0.05, 0) is 28.8 Å². The fourth-order valence-electron chi connectivity index (χ4n) is 3.45. The van der Waals surface area contributed by atoms with Crippen LogP contribution in [0.5, 0.6) is 0 Å². The number of piperidine rings is 1. The lowest BCUT2D eigenvalue weighted by Crippen LogP contribution is -2.54. The van der Waals surface area contributed by atoms with Crippen molar-refractivity contribution in [1.82, 2.24) is 10.2 Å². The van der Waals surface area contributed by atoms with Crippen LogP contribution in [-0.4, -0.2) is 36.5 Å². The zero-order valence-corrected chi connectivity index (χ0v) is 15.8. The van der Waals surface area contributed by atoms with Gasteiger partial charge in [-0.1, -0.05) is 50.2 Å². The van der Waals surface area contributed by atoms with Crippen LogP contribution in [0.15, 0.2) is 47.8 Å². The summed E-state index contributed by atoms with van der Waals surface area (Å²) < 4.78 is 0. The molecule has 1 aliphatic rings. The van der Waals surface area contributed by atoms with Crippen molar-refractivity contribution in [3.63, 3.8) is 0 Å². The first-order chi connectivity index (χ1) is 12.0. The topological polar surface area (TPSA) is 58.4 Å². The summed E-state index contributed by atoms with van der Waals surface area (Å²) in [5.74, 6) is 0.0634. The molecule has 3 N–H and O–H groups in total. The van der Waals surface area contributed by atoms with Gasteiger partial charge in [0, 0.05) is 24.0 Å². The molecular weight excluding hydrogens is 330 g/mol. The highest BCUT2D eigenvalue weighted by molar-refractivity contribution is 7.10. The number of amides is 1. The Morgan fingerprint density at radius 2 is 2.08 bits per heavy atom. The van der Waals surface area contributed by atoms with E-state index < -0.39 is 0 Å². The summed E-state index contributed by atoms with van der Waals surface area (Å²) >= 11 is 1.67. The van der Waals surface area contributed by atoms with E-state index in [1.54, 1.807) is 11.3 Å². The minimum atomic E-state index is -0.0891. The molecule has 2 unspecified atom stereocenters. The van der Waals surface area contributed by atoms with E-state index >= 15 is 0 Å². The quantitative estimate of drug-likeness (QED) is 0.865. The third-order valence-electron chi connectivity index (χ3n) is 5.02. The van der Waals surface area contributed by atoms with Gasteiger partial charge in [-0.2, -0.15) is 0 Å². The highest BCUT2D eigenvalue weighted by atomic mass is 32.1. The molecule has 2 atom stereocenters. The van der Waals surface area contributed by atoms with Crippen LogP contribution in [0.2, 0.25) is 0 Å². The summed E-state index contributed by atoms with van der Waals surface area (Å²) in [6, 6.07) is 14.4. The lowest BCUT2D eigenvalue weighted by atomic mass is 9.80. The van der Waals surface area contributed by atoms with Crippen molar-refractivity contribution in [1.29, 1.82) is 0 Å². The predicted octanol–water partition coefficient (Wildman–Crippen LogP) is 3.01. The monoisotopic (exact) mass is 357 g/mol. The van der Waals surface area contributed by atoms with Crippen molar-refractivity contribution in [2.24, 2.45) is 11.1 Å². The number of hydrogen-bond acceptors (Lipinski definition) is 4. The molecule has 0 saturated carbocycles. The molecule has 25 heavy (non-hydrogen) atoms. The molecule has 134 valence electrons. The Morgan fingerprint density at radius 3 is 2.72 bits per heavy atom.